The number of likely N-dealkylation sites (N-methyl/N-ethyl adjacent to an activating group) is 1. The van der Waals surface area contributed by atoms with Gasteiger partial charge in [0, 0.05) is 23.5 Å². The second-order valence-electron chi connectivity index (χ2n) is 4.40. The SMILES string of the molecule is CNC(Cc1ccncc1)c1ccc(Cl)cc1C. The Morgan fingerprint density at radius 1 is 1.22 bits per heavy atom. The number of pyridine rings is 1. The van der Waals surface area contributed by atoms with Gasteiger partial charge in [-0.1, -0.05) is 17.7 Å². The maximum atomic E-state index is 6.00. The summed E-state index contributed by atoms with van der Waals surface area (Å²) in [5.41, 5.74) is 3.79. The van der Waals surface area contributed by atoms with Crippen molar-refractivity contribution in [2.24, 2.45) is 0 Å². The molecular formula is C15H17ClN2. The first-order chi connectivity index (χ1) is 8.70. The molecule has 0 spiro atoms. The fraction of sp³-hybridized carbons (Fsp3) is 0.267. The molecule has 0 saturated carbocycles. The Hall–Kier alpha value is -1.38. The van der Waals surface area contributed by atoms with E-state index in [0.717, 1.165) is 11.4 Å². The second kappa shape index (κ2) is 5.98. The molecule has 2 rings (SSSR count). The highest BCUT2D eigenvalue weighted by molar-refractivity contribution is 6.30. The first-order valence-corrected chi connectivity index (χ1v) is 6.40. The van der Waals surface area contributed by atoms with Crippen molar-refractivity contribution in [3.8, 4) is 0 Å². The normalized spacial score (nSPS) is 12.4. The van der Waals surface area contributed by atoms with Crippen molar-refractivity contribution in [2.75, 3.05) is 7.05 Å². The Bertz CT molecular complexity index is 511. The minimum Gasteiger partial charge on any atom is -0.313 e. The van der Waals surface area contributed by atoms with E-state index >= 15 is 0 Å². The summed E-state index contributed by atoms with van der Waals surface area (Å²) in [6, 6.07) is 10.4. The summed E-state index contributed by atoms with van der Waals surface area (Å²) in [6.07, 6.45) is 4.61. The highest BCUT2D eigenvalue weighted by Gasteiger charge is 2.12. The van der Waals surface area contributed by atoms with E-state index in [4.69, 9.17) is 11.6 Å². The maximum Gasteiger partial charge on any atom is 0.0408 e. The molecule has 0 aliphatic rings. The average Bonchev–Trinajstić information content (AvgIpc) is 2.38. The quantitative estimate of drug-likeness (QED) is 0.910. The molecule has 1 N–H and O–H groups in total. The number of nitrogens with zero attached hydrogens (tertiary/aromatic N) is 1. The van der Waals surface area contributed by atoms with E-state index in [2.05, 4.69) is 35.4 Å². The summed E-state index contributed by atoms with van der Waals surface area (Å²) in [7, 11) is 1.99. The van der Waals surface area contributed by atoms with E-state index in [-0.39, 0.29) is 0 Å². The number of halogens is 1. The minimum atomic E-state index is 0.296. The molecule has 2 nitrogen and oxygen atoms in total. The first-order valence-electron chi connectivity index (χ1n) is 6.03. The van der Waals surface area contributed by atoms with Crippen LogP contribution in [0.25, 0.3) is 0 Å². The van der Waals surface area contributed by atoms with Crippen LogP contribution in [0.3, 0.4) is 0 Å². The molecule has 94 valence electrons. The summed E-state index contributed by atoms with van der Waals surface area (Å²) >= 11 is 6.00. The molecule has 1 unspecified atom stereocenters. The summed E-state index contributed by atoms with van der Waals surface area (Å²) in [4.78, 5) is 4.04. The van der Waals surface area contributed by atoms with Crippen molar-refractivity contribution in [2.45, 2.75) is 19.4 Å². The minimum absolute atomic E-state index is 0.296. The highest BCUT2D eigenvalue weighted by atomic mass is 35.5. The molecule has 1 aromatic heterocycles. The van der Waals surface area contributed by atoms with Gasteiger partial charge < -0.3 is 5.32 Å². The Morgan fingerprint density at radius 3 is 2.56 bits per heavy atom. The van der Waals surface area contributed by atoms with Gasteiger partial charge in [-0.25, -0.2) is 0 Å². The Kier molecular flexibility index (Phi) is 4.34. The van der Waals surface area contributed by atoms with Crippen molar-refractivity contribution in [3.63, 3.8) is 0 Å². The van der Waals surface area contributed by atoms with Gasteiger partial charge in [0.1, 0.15) is 0 Å². The van der Waals surface area contributed by atoms with Crippen LogP contribution in [-0.2, 0) is 6.42 Å². The predicted molar refractivity (Wildman–Crippen MR) is 75.9 cm³/mol. The van der Waals surface area contributed by atoms with Gasteiger partial charge >= 0.3 is 0 Å². The molecule has 18 heavy (non-hydrogen) atoms. The van der Waals surface area contributed by atoms with E-state index < -0.39 is 0 Å². The molecule has 0 fully saturated rings. The third-order valence-electron chi connectivity index (χ3n) is 3.14. The van der Waals surface area contributed by atoms with Gasteiger partial charge in [-0.2, -0.15) is 0 Å². The van der Waals surface area contributed by atoms with Gasteiger partial charge in [0.25, 0.3) is 0 Å². The van der Waals surface area contributed by atoms with Crippen LogP contribution in [0, 0.1) is 6.92 Å². The molecule has 0 aliphatic heterocycles. The van der Waals surface area contributed by atoms with Crippen LogP contribution in [0.1, 0.15) is 22.7 Å². The molecule has 0 amide bonds. The van der Waals surface area contributed by atoms with E-state index in [1.165, 1.54) is 16.7 Å². The van der Waals surface area contributed by atoms with Crippen molar-refractivity contribution in [1.82, 2.24) is 10.3 Å². The van der Waals surface area contributed by atoms with Crippen molar-refractivity contribution < 1.29 is 0 Å². The third-order valence-corrected chi connectivity index (χ3v) is 3.38. The number of aromatic nitrogens is 1. The Balaban J connectivity index is 2.23. The average molecular weight is 261 g/mol. The molecule has 1 heterocycles. The molecule has 0 aliphatic carbocycles. The lowest BCUT2D eigenvalue weighted by atomic mass is 9.96. The highest BCUT2D eigenvalue weighted by Crippen LogP contribution is 2.24. The second-order valence-corrected chi connectivity index (χ2v) is 4.84. The smallest absolute Gasteiger partial charge is 0.0408 e. The van der Waals surface area contributed by atoms with Gasteiger partial charge in [0.05, 0.1) is 0 Å². The fourth-order valence-corrected chi connectivity index (χ4v) is 2.38. The lowest BCUT2D eigenvalue weighted by Crippen LogP contribution is -2.19. The molecule has 0 radical (unpaired) electrons. The number of benzene rings is 1. The van der Waals surface area contributed by atoms with Gasteiger partial charge in [-0.05, 0) is 61.3 Å². The number of aryl methyl sites for hydroxylation is 1. The molecular weight excluding hydrogens is 244 g/mol. The number of hydrogen-bond acceptors (Lipinski definition) is 2. The Labute approximate surface area is 113 Å². The van der Waals surface area contributed by atoms with Gasteiger partial charge in [-0.3, -0.25) is 4.98 Å². The lowest BCUT2D eigenvalue weighted by Gasteiger charge is -2.19. The zero-order valence-electron chi connectivity index (χ0n) is 10.7. The summed E-state index contributed by atoms with van der Waals surface area (Å²) in [5.74, 6) is 0. The number of nitrogens with one attached hydrogen (secondary N) is 1. The van der Waals surface area contributed by atoms with Gasteiger partial charge in [0.2, 0.25) is 0 Å². The van der Waals surface area contributed by atoms with Crippen LogP contribution < -0.4 is 5.32 Å². The van der Waals surface area contributed by atoms with E-state index in [0.29, 0.717) is 6.04 Å². The van der Waals surface area contributed by atoms with Crippen molar-refractivity contribution in [3.05, 3.63) is 64.4 Å². The molecule has 1 atom stereocenters. The van der Waals surface area contributed by atoms with Crippen LogP contribution in [0.15, 0.2) is 42.7 Å². The lowest BCUT2D eigenvalue weighted by molar-refractivity contribution is 0.588. The van der Waals surface area contributed by atoms with Gasteiger partial charge in [0.15, 0.2) is 0 Å². The van der Waals surface area contributed by atoms with Crippen LogP contribution in [0.5, 0.6) is 0 Å². The van der Waals surface area contributed by atoms with Crippen molar-refractivity contribution in [1.29, 1.82) is 0 Å². The number of hydrogen-bond donors (Lipinski definition) is 1. The zero-order valence-corrected chi connectivity index (χ0v) is 11.4. The topological polar surface area (TPSA) is 24.9 Å². The van der Waals surface area contributed by atoms with Crippen LogP contribution in [-0.4, -0.2) is 12.0 Å². The molecule has 0 bridgehead atoms. The molecule has 0 saturated heterocycles. The van der Waals surface area contributed by atoms with Gasteiger partial charge in [-0.15, -0.1) is 0 Å². The molecule has 3 heteroatoms. The standard InChI is InChI=1S/C15H17ClN2/c1-11-9-13(16)3-4-14(11)15(17-2)10-12-5-7-18-8-6-12/h3-9,15,17H,10H2,1-2H3. The largest absolute Gasteiger partial charge is 0.313 e. The predicted octanol–water partition coefficient (Wildman–Crippen LogP) is 3.55. The third kappa shape index (κ3) is 3.09. The summed E-state index contributed by atoms with van der Waals surface area (Å²) in [5, 5.41) is 4.15. The number of rotatable bonds is 4. The van der Waals surface area contributed by atoms with E-state index in [9.17, 15) is 0 Å². The zero-order chi connectivity index (χ0) is 13.0. The summed E-state index contributed by atoms with van der Waals surface area (Å²) in [6.45, 7) is 2.10. The van der Waals surface area contributed by atoms with E-state index in [1.54, 1.807) is 0 Å². The fourth-order valence-electron chi connectivity index (χ4n) is 2.15. The van der Waals surface area contributed by atoms with Crippen molar-refractivity contribution >= 4 is 11.6 Å². The molecule has 2 aromatic rings. The van der Waals surface area contributed by atoms with E-state index in [1.807, 2.05) is 31.6 Å². The van der Waals surface area contributed by atoms with Crippen LogP contribution in [0.4, 0.5) is 0 Å². The summed E-state index contributed by atoms with van der Waals surface area (Å²) < 4.78 is 0. The maximum absolute atomic E-state index is 6.00. The van der Waals surface area contributed by atoms with Crippen LogP contribution in [0.2, 0.25) is 5.02 Å². The first kappa shape index (κ1) is 13.1. The van der Waals surface area contributed by atoms with Crippen LogP contribution >= 0.6 is 11.6 Å². The Morgan fingerprint density at radius 2 is 1.94 bits per heavy atom. The monoisotopic (exact) mass is 260 g/mol. The molecule has 1 aromatic carbocycles.